The summed E-state index contributed by atoms with van der Waals surface area (Å²) in [6.45, 7) is 0. The number of amides is 2. The lowest BCUT2D eigenvalue weighted by Gasteiger charge is -2.02. The summed E-state index contributed by atoms with van der Waals surface area (Å²) in [6, 6.07) is 12.9. The van der Waals surface area contributed by atoms with E-state index in [0.717, 1.165) is 33.6 Å². The monoisotopic (exact) mass is 337 g/mol. The van der Waals surface area contributed by atoms with Gasteiger partial charge < -0.3 is 11.1 Å². The minimum atomic E-state index is -0.447. The van der Waals surface area contributed by atoms with Crippen molar-refractivity contribution in [1.82, 2.24) is 10.3 Å². The van der Waals surface area contributed by atoms with Crippen molar-refractivity contribution in [2.24, 2.45) is 5.73 Å². The Morgan fingerprint density at radius 2 is 1.79 bits per heavy atom. The second kappa shape index (κ2) is 5.72. The summed E-state index contributed by atoms with van der Waals surface area (Å²) in [5.74, 6) is -0.475. The fraction of sp³-hybridized carbons (Fsp3) is 0.167. The highest BCUT2D eigenvalue weighted by molar-refractivity contribution is 7.21. The molecule has 1 fully saturated rings. The van der Waals surface area contributed by atoms with Gasteiger partial charge in [0.05, 0.1) is 10.2 Å². The largest absolute Gasteiger partial charge is 0.366 e. The van der Waals surface area contributed by atoms with Gasteiger partial charge in [-0.3, -0.25) is 9.59 Å². The van der Waals surface area contributed by atoms with Crippen LogP contribution in [0.25, 0.3) is 20.8 Å². The maximum Gasteiger partial charge on any atom is 0.251 e. The highest BCUT2D eigenvalue weighted by Gasteiger charge is 2.24. The maximum absolute atomic E-state index is 12.1. The number of carbonyl (C=O) groups excluding carboxylic acids is 2. The number of thiazole rings is 1. The van der Waals surface area contributed by atoms with Crippen LogP contribution in [0.2, 0.25) is 0 Å². The first-order valence-corrected chi connectivity index (χ1v) is 8.53. The van der Waals surface area contributed by atoms with Crippen molar-refractivity contribution in [1.29, 1.82) is 0 Å². The highest BCUT2D eigenvalue weighted by Crippen LogP contribution is 2.31. The van der Waals surface area contributed by atoms with Gasteiger partial charge in [-0.05, 0) is 43.2 Å². The quantitative estimate of drug-likeness (QED) is 0.767. The fourth-order valence-corrected chi connectivity index (χ4v) is 3.47. The first-order chi connectivity index (χ1) is 11.6. The summed E-state index contributed by atoms with van der Waals surface area (Å²) in [5.41, 5.74) is 8.17. The molecule has 1 aliphatic rings. The van der Waals surface area contributed by atoms with Crippen LogP contribution in [0.1, 0.15) is 33.6 Å². The van der Waals surface area contributed by atoms with E-state index in [4.69, 9.17) is 5.73 Å². The van der Waals surface area contributed by atoms with E-state index in [1.165, 1.54) is 11.3 Å². The maximum atomic E-state index is 12.1. The molecule has 3 N–H and O–H groups in total. The third-order valence-electron chi connectivity index (χ3n) is 3.98. The molecule has 0 spiro atoms. The lowest BCUT2D eigenvalue weighted by Crippen LogP contribution is -2.25. The molecule has 4 rings (SSSR count). The van der Waals surface area contributed by atoms with Gasteiger partial charge in [0.2, 0.25) is 5.91 Å². The molecular weight excluding hydrogens is 322 g/mol. The Morgan fingerprint density at radius 3 is 2.46 bits per heavy atom. The van der Waals surface area contributed by atoms with Crippen molar-refractivity contribution in [3.05, 3.63) is 53.6 Å². The number of nitrogens with one attached hydrogen (secondary N) is 1. The van der Waals surface area contributed by atoms with Gasteiger partial charge in [-0.15, -0.1) is 11.3 Å². The molecule has 0 aliphatic heterocycles. The summed E-state index contributed by atoms with van der Waals surface area (Å²) < 4.78 is 0.965. The molecule has 0 unspecified atom stereocenters. The van der Waals surface area contributed by atoms with Crippen LogP contribution in [0.15, 0.2) is 42.5 Å². The van der Waals surface area contributed by atoms with Gasteiger partial charge in [0, 0.05) is 22.7 Å². The highest BCUT2D eigenvalue weighted by atomic mass is 32.1. The van der Waals surface area contributed by atoms with Crippen LogP contribution < -0.4 is 11.1 Å². The summed E-state index contributed by atoms with van der Waals surface area (Å²) in [4.78, 5) is 27.9. The number of rotatable bonds is 4. The van der Waals surface area contributed by atoms with Crippen molar-refractivity contribution >= 4 is 33.4 Å². The molecule has 3 aromatic rings. The zero-order chi connectivity index (χ0) is 16.7. The molecule has 1 aromatic heterocycles. The Hall–Kier alpha value is -2.73. The van der Waals surface area contributed by atoms with E-state index in [-0.39, 0.29) is 5.91 Å². The van der Waals surface area contributed by atoms with Crippen molar-refractivity contribution in [2.75, 3.05) is 0 Å². The van der Waals surface area contributed by atoms with E-state index in [1.807, 2.05) is 24.3 Å². The SMILES string of the molecule is NC(=O)c1ccc(-c2nc3ccc(C(=O)NC4CC4)cc3s2)cc1. The van der Waals surface area contributed by atoms with Gasteiger partial charge in [-0.1, -0.05) is 12.1 Å². The predicted octanol–water partition coefficient (Wildman–Crippen LogP) is 2.95. The van der Waals surface area contributed by atoms with E-state index < -0.39 is 5.91 Å². The normalized spacial score (nSPS) is 13.8. The van der Waals surface area contributed by atoms with Crippen LogP contribution in [0.5, 0.6) is 0 Å². The van der Waals surface area contributed by atoms with E-state index in [2.05, 4.69) is 10.3 Å². The topological polar surface area (TPSA) is 85.1 Å². The van der Waals surface area contributed by atoms with Gasteiger partial charge in [0.25, 0.3) is 5.91 Å². The molecule has 1 aliphatic carbocycles. The fourth-order valence-electron chi connectivity index (χ4n) is 2.46. The molecule has 6 heteroatoms. The van der Waals surface area contributed by atoms with Gasteiger partial charge in [-0.2, -0.15) is 0 Å². The smallest absolute Gasteiger partial charge is 0.251 e. The Kier molecular flexibility index (Phi) is 3.54. The number of nitrogens with two attached hydrogens (primary N) is 1. The minimum absolute atomic E-state index is 0.0276. The first kappa shape index (κ1) is 14.8. The molecule has 0 bridgehead atoms. The lowest BCUT2D eigenvalue weighted by atomic mass is 10.1. The number of aromatic nitrogens is 1. The minimum Gasteiger partial charge on any atom is -0.366 e. The van der Waals surface area contributed by atoms with E-state index in [0.29, 0.717) is 17.2 Å². The zero-order valence-corrected chi connectivity index (χ0v) is 13.6. The van der Waals surface area contributed by atoms with E-state index in [1.54, 1.807) is 18.2 Å². The molecular formula is C18H15N3O2S. The number of fused-ring (bicyclic) bond motifs is 1. The molecule has 5 nitrogen and oxygen atoms in total. The van der Waals surface area contributed by atoms with Crippen molar-refractivity contribution < 1.29 is 9.59 Å². The average molecular weight is 337 g/mol. The van der Waals surface area contributed by atoms with Crippen LogP contribution in [0.3, 0.4) is 0 Å². The van der Waals surface area contributed by atoms with E-state index in [9.17, 15) is 9.59 Å². The van der Waals surface area contributed by atoms with Crippen molar-refractivity contribution in [3.8, 4) is 10.6 Å². The molecule has 24 heavy (non-hydrogen) atoms. The van der Waals surface area contributed by atoms with E-state index >= 15 is 0 Å². The Bertz CT molecular complexity index is 943. The van der Waals surface area contributed by atoms with Gasteiger partial charge >= 0.3 is 0 Å². The number of carbonyl (C=O) groups is 2. The van der Waals surface area contributed by atoms with Crippen molar-refractivity contribution in [2.45, 2.75) is 18.9 Å². The lowest BCUT2D eigenvalue weighted by molar-refractivity contribution is 0.0950. The predicted molar refractivity (Wildman–Crippen MR) is 94.1 cm³/mol. The Labute approximate surface area is 142 Å². The Balaban J connectivity index is 1.64. The van der Waals surface area contributed by atoms with Gasteiger partial charge in [-0.25, -0.2) is 4.98 Å². The summed E-state index contributed by atoms with van der Waals surface area (Å²) >= 11 is 1.52. The second-order valence-electron chi connectivity index (χ2n) is 5.89. The molecule has 1 heterocycles. The standard InChI is InChI=1S/C18H15N3O2S/c19-16(22)10-1-3-11(4-2-10)18-21-14-8-5-12(9-15(14)24-18)17(23)20-13-6-7-13/h1-5,8-9,13H,6-7H2,(H2,19,22)(H,20,23). The molecule has 2 amide bonds. The zero-order valence-electron chi connectivity index (χ0n) is 12.8. The molecule has 0 atom stereocenters. The Morgan fingerprint density at radius 1 is 1.08 bits per heavy atom. The number of primary amides is 1. The second-order valence-corrected chi connectivity index (χ2v) is 6.92. The van der Waals surface area contributed by atoms with Gasteiger partial charge in [0.15, 0.2) is 0 Å². The van der Waals surface area contributed by atoms with Crippen LogP contribution in [0, 0.1) is 0 Å². The number of nitrogens with zero attached hydrogens (tertiary/aromatic N) is 1. The number of hydrogen-bond acceptors (Lipinski definition) is 4. The summed E-state index contributed by atoms with van der Waals surface area (Å²) in [6.07, 6.45) is 2.14. The average Bonchev–Trinajstić information content (AvgIpc) is 3.29. The molecule has 0 radical (unpaired) electrons. The van der Waals surface area contributed by atoms with Crippen LogP contribution in [-0.4, -0.2) is 22.8 Å². The number of hydrogen-bond donors (Lipinski definition) is 2. The summed E-state index contributed by atoms with van der Waals surface area (Å²) in [5, 5.41) is 3.84. The molecule has 1 saturated carbocycles. The third kappa shape index (κ3) is 2.88. The molecule has 2 aromatic carbocycles. The van der Waals surface area contributed by atoms with Crippen LogP contribution in [-0.2, 0) is 0 Å². The number of benzene rings is 2. The first-order valence-electron chi connectivity index (χ1n) is 7.72. The van der Waals surface area contributed by atoms with Crippen LogP contribution in [0.4, 0.5) is 0 Å². The van der Waals surface area contributed by atoms with Gasteiger partial charge in [0.1, 0.15) is 5.01 Å². The van der Waals surface area contributed by atoms with Crippen molar-refractivity contribution in [3.63, 3.8) is 0 Å². The molecule has 0 saturated heterocycles. The summed E-state index contributed by atoms with van der Waals surface area (Å²) in [7, 11) is 0. The van der Waals surface area contributed by atoms with Crippen LogP contribution >= 0.6 is 11.3 Å². The molecule has 120 valence electrons. The third-order valence-corrected chi connectivity index (χ3v) is 5.05.